The van der Waals surface area contributed by atoms with Gasteiger partial charge in [0.2, 0.25) is 0 Å². The van der Waals surface area contributed by atoms with Crippen LogP contribution in [0, 0.1) is 0 Å². The van der Waals surface area contributed by atoms with Crippen LogP contribution in [-0.2, 0) is 9.53 Å². The van der Waals surface area contributed by atoms with Crippen molar-refractivity contribution in [3.05, 3.63) is 0 Å². The van der Waals surface area contributed by atoms with E-state index in [9.17, 15) is 4.79 Å². The highest BCUT2D eigenvalue weighted by molar-refractivity contribution is 5.66. The zero-order valence-corrected chi connectivity index (χ0v) is 10.7. The van der Waals surface area contributed by atoms with Gasteiger partial charge in [-0.2, -0.15) is 0 Å². The molecular formula is C12H23NO3. The fourth-order valence-electron chi connectivity index (χ4n) is 2.56. The molecule has 1 heterocycles. The van der Waals surface area contributed by atoms with Gasteiger partial charge in [-0.3, -0.25) is 9.69 Å². The van der Waals surface area contributed by atoms with Crippen LogP contribution in [0.1, 0.15) is 40.5 Å². The van der Waals surface area contributed by atoms with E-state index in [2.05, 4.69) is 32.6 Å². The van der Waals surface area contributed by atoms with Gasteiger partial charge in [0.05, 0.1) is 11.2 Å². The normalized spacial score (nSPS) is 24.2. The molecule has 0 aliphatic carbocycles. The van der Waals surface area contributed by atoms with Gasteiger partial charge in [0, 0.05) is 19.5 Å². The average molecular weight is 229 g/mol. The minimum Gasteiger partial charge on any atom is -0.481 e. The van der Waals surface area contributed by atoms with Crippen LogP contribution in [0.5, 0.6) is 0 Å². The minimum atomic E-state index is -0.716. The number of nitrogens with zero attached hydrogens (tertiary/aromatic N) is 1. The fraction of sp³-hybridized carbons (Fsp3) is 0.917. The van der Waals surface area contributed by atoms with E-state index in [1.165, 1.54) is 0 Å². The minimum absolute atomic E-state index is 0.148. The highest BCUT2D eigenvalue weighted by atomic mass is 16.5. The molecule has 0 bridgehead atoms. The molecule has 0 aromatic carbocycles. The van der Waals surface area contributed by atoms with E-state index >= 15 is 0 Å². The number of carbonyl (C=O) groups is 1. The highest BCUT2D eigenvalue weighted by Gasteiger charge is 2.37. The van der Waals surface area contributed by atoms with Gasteiger partial charge in [-0.25, -0.2) is 0 Å². The lowest BCUT2D eigenvalue weighted by atomic mass is 9.99. The summed E-state index contributed by atoms with van der Waals surface area (Å²) in [5.41, 5.74) is -0.296. The second kappa shape index (κ2) is 4.72. The topological polar surface area (TPSA) is 49.8 Å². The Hall–Kier alpha value is -0.610. The van der Waals surface area contributed by atoms with E-state index in [-0.39, 0.29) is 17.6 Å². The summed E-state index contributed by atoms with van der Waals surface area (Å²) in [5, 5.41) is 8.61. The van der Waals surface area contributed by atoms with Crippen molar-refractivity contribution in [2.75, 3.05) is 19.6 Å². The van der Waals surface area contributed by atoms with E-state index in [1.807, 2.05) is 0 Å². The molecule has 0 spiro atoms. The van der Waals surface area contributed by atoms with Gasteiger partial charge in [-0.1, -0.05) is 0 Å². The third-order valence-electron chi connectivity index (χ3n) is 2.63. The second-order valence-electron chi connectivity index (χ2n) is 5.83. The maximum Gasteiger partial charge on any atom is 0.303 e. The largest absolute Gasteiger partial charge is 0.481 e. The molecule has 0 aromatic rings. The molecule has 0 unspecified atom stereocenters. The van der Waals surface area contributed by atoms with E-state index in [0.29, 0.717) is 6.42 Å². The molecule has 0 amide bonds. The van der Waals surface area contributed by atoms with Crippen molar-refractivity contribution < 1.29 is 14.6 Å². The quantitative estimate of drug-likeness (QED) is 0.797. The van der Waals surface area contributed by atoms with Gasteiger partial charge >= 0.3 is 5.97 Å². The zero-order chi connectivity index (χ0) is 12.4. The lowest BCUT2D eigenvalue weighted by molar-refractivity contribution is -0.180. The monoisotopic (exact) mass is 229 g/mol. The number of aliphatic carboxylic acids is 1. The van der Waals surface area contributed by atoms with Crippen LogP contribution in [0.2, 0.25) is 0 Å². The predicted molar refractivity (Wildman–Crippen MR) is 62.6 cm³/mol. The highest BCUT2D eigenvalue weighted by Crippen LogP contribution is 2.27. The van der Waals surface area contributed by atoms with Crippen LogP contribution in [0.4, 0.5) is 0 Å². The first-order valence-electron chi connectivity index (χ1n) is 5.85. The summed E-state index contributed by atoms with van der Waals surface area (Å²) < 4.78 is 5.96. The molecule has 1 saturated heterocycles. The van der Waals surface area contributed by atoms with Crippen molar-refractivity contribution in [1.82, 2.24) is 4.90 Å². The first kappa shape index (κ1) is 13.5. The van der Waals surface area contributed by atoms with Crippen molar-refractivity contribution in [2.45, 2.75) is 51.7 Å². The summed E-state index contributed by atoms with van der Waals surface area (Å²) in [7, 11) is 0. The Balaban J connectivity index is 2.45. The molecule has 1 fully saturated rings. The van der Waals surface area contributed by atoms with Crippen LogP contribution in [0.3, 0.4) is 0 Å². The van der Waals surface area contributed by atoms with E-state index in [0.717, 1.165) is 19.6 Å². The Morgan fingerprint density at radius 1 is 1.25 bits per heavy atom. The molecule has 0 saturated carbocycles. The van der Waals surface area contributed by atoms with Crippen molar-refractivity contribution >= 4 is 5.97 Å². The molecule has 0 radical (unpaired) electrons. The average Bonchev–Trinajstić information content (AvgIpc) is 1.96. The number of hydrogen-bond acceptors (Lipinski definition) is 3. The van der Waals surface area contributed by atoms with Crippen molar-refractivity contribution in [3.63, 3.8) is 0 Å². The van der Waals surface area contributed by atoms with Crippen molar-refractivity contribution in [3.8, 4) is 0 Å². The summed E-state index contributed by atoms with van der Waals surface area (Å²) in [6, 6.07) is 0. The SMILES string of the molecule is CC1(C)CN(CCCC(=O)O)CC(C)(C)O1. The predicted octanol–water partition coefficient (Wildman–Crippen LogP) is 1.74. The third-order valence-corrected chi connectivity index (χ3v) is 2.63. The van der Waals surface area contributed by atoms with Gasteiger partial charge in [0.15, 0.2) is 0 Å². The molecule has 94 valence electrons. The molecule has 1 aliphatic rings. The smallest absolute Gasteiger partial charge is 0.303 e. The number of rotatable bonds is 4. The molecule has 0 atom stereocenters. The summed E-state index contributed by atoms with van der Waals surface area (Å²) in [4.78, 5) is 12.8. The van der Waals surface area contributed by atoms with Crippen molar-refractivity contribution in [1.29, 1.82) is 0 Å². The van der Waals surface area contributed by atoms with Gasteiger partial charge < -0.3 is 9.84 Å². The molecule has 1 rings (SSSR count). The lowest BCUT2D eigenvalue weighted by Gasteiger charge is -2.47. The number of carboxylic acids is 1. The summed E-state index contributed by atoms with van der Waals surface area (Å²) in [5.74, 6) is -0.716. The van der Waals surface area contributed by atoms with Crippen LogP contribution in [0.15, 0.2) is 0 Å². The number of carboxylic acid groups (broad SMARTS) is 1. The summed E-state index contributed by atoms with van der Waals surface area (Å²) >= 11 is 0. The van der Waals surface area contributed by atoms with Crippen LogP contribution >= 0.6 is 0 Å². The van der Waals surface area contributed by atoms with Crippen molar-refractivity contribution in [2.24, 2.45) is 0 Å². The summed E-state index contributed by atoms with van der Waals surface area (Å²) in [6.45, 7) is 10.9. The van der Waals surface area contributed by atoms with Gasteiger partial charge in [0.1, 0.15) is 0 Å². The second-order valence-corrected chi connectivity index (χ2v) is 5.83. The standard InChI is InChI=1S/C12H23NO3/c1-11(2)8-13(7-5-6-10(14)15)9-12(3,4)16-11/h5-9H2,1-4H3,(H,14,15). The number of hydrogen-bond donors (Lipinski definition) is 1. The zero-order valence-electron chi connectivity index (χ0n) is 10.7. The summed E-state index contributed by atoms with van der Waals surface area (Å²) in [6.07, 6.45) is 0.958. The Kier molecular flexibility index (Phi) is 3.97. The van der Waals surface area contributed by atoms with E-state index in [1.54, 1.807) is 0 Å². The third kappa shape index (κ3) is 4.49. The van der Waals surface area contributed by atoms with E-state index < -0.39 is 5.97 Å². The Morgan fingerprint density at radius 3 is 2.19 bits per heavy atom. The Morgan fingerprint density at radius 2 is 1.75 bits per heavy atom. The number of ether oxygens (including phenoxy) is 1. The molecule has 0 aromatic heterocycles. The van der Waals surface area contributed by atoms with Crippen LogP contribution in [0.25, 0.3) is 0 Å². The maximum absolute atomic E-state index is 10.5. The first-order chi connectivity index (χ1) is 7.20. The molecule has 4 heteroatoms. The lowest BCUT2D eigenvalue weighted by Crippen LogP contribution is -2.57. The molecule has 4 nitrogen and oxygen atoms in total. The van der Waals surface area contributed by atoms with E-state index in [4.69, 9.17) is 9.84 Å². The first-order valence-corrected chi connectivity index (χ1v) is 5.85. The molecule has 1 aliphatic heterocycles. The fourth-order valence-corrected chi connectivity index (χ4v) is 2.56. The van der Waals surface area contributed by atoms with Gasteiger partial charge in [-0.05, 0) is 40.7 Å². The van der Waals surface area contributed by atoms with Crippen LogP contribution < -0.4 is 0 Å². The molecular weight excluding hydrogens is 206 g/mol. The Bertz CT molecular complexity index is 245. The van der Waals surface area contributed by atoms with Crippen LogP contribution in [-0.4, -0.2) is 46.8 Å². The molecule has 16 heavy (non-hydrogen) atoms. The molecule has 1 N–H and O–H groups in total. The maximum atomic E-state index is 10.5. The Labute approximate surface area is 97.6 Å². The number of morpholine rings is 1. The van der Waals surface area contributed by atoms with Gasteiger partial charge in [0.25, 0.3) is 0 Å². The van der Waals surface area contributed by atoms with Gasteiger partial charge in [-0.15, -0.1) is 0 Å².